The molecule has 111 heavy (non-hydrogen) atoms. The lowest BCUT2D eigenvalue weighted by Gasteiger charge is -2.34. The molecular formula is C73H111N15O21S2. The molecule has 4 aliphatic rings. The highest BCUT2D eigenvalue weighted by Crippen LogP contribution is 2.28. The molecule has 11 amide bonds. The first-order valence-electron chi connectivity index (χ1n) is 37.9. The van der Waals surface area contributed by atoms with Crippen molar-refractivity contribution >= 4 is 106 Å². The van der Waals surface area contributed by atoms with Crippen LogP contribution >= 0.6 is 23.5 Å². The molecule has 3 saturated heterocycles. The Morgan fingerprint density at radius 1 is 0.604 bits per heavy atom. The third-order valence-electron chi connectivity index (χ3n) is 18.8. The van der Waals surface area contributed by atoms with Gasteiger partial charge in [0, 0.05) is 140 Å². The monoisotopic (exact) mass is 1600 g/mol. The molecule has 2 bridgehead atoms. The number of nitrogens with two attached hydrogens (primary N) is 1. The molecule has 0 aliphatic carbocycles. The Kier molecular flexibility index (Phi) is 40.8. The SMILES string of the molecule is CCCC[C@H](NC(=O)CCC(=O)NCCCOCCOCCOCCCNC(=O)CN1CCN(CC(=O)O)CCN(CC(=O)O)CC1)C(=O)N[C@H]1CSCc2cncc(c2)CSCC(C(=O)O)NC(=O)[C@H](Cc2ccccc2)NC(=O)[C@H](CCC(N)=O)NC(=O)[C@H]([C@@H](C)O)NC(=O)[C@@H]2CCCN2C(=O)[C@@H]2CCCN2C1=O. The maximum atomic E-state index is 15.1. The van der Waals surface area contributed by atoms with Crippen LogP contribution in [0.3, 0.4) is 0 Å². The molecule has 1 aromatic heterocycles. The minimum Gasteiger partial charge on any atom is -0.480 e. The quantitative estimate of drug-likeness (QED) is 0.0315. The van der Waals surface area contributed by atoms with Crippen LogP contribution < -0.4 is 48.3 Å². The maximum Gasteiger partial charge on any atom is 0.327 e. The van der Waals surface area contributed by atoms with Crippen molar-refractivity contribution in [1.29, 1.82) is 0 Å². The molecule has 6 rings (SSSR count). The largest absolute Gasteiger partial charge is 0.480 e. The zero-order valence-electron chi connectivity index (χ0n) is 63.3. The second-order valence-corrected chi connectivity index (χ2v) is 29.8. The first-order valence-corrected chi connectivity index (χ1v) is 40.2. The molecular weight excluding hydrogens is 1490 g/mol. The van der Waals surface area contributed by atoms with Gasteiger partial charge >= 0.3 is 17.9 Å². The van der Waals surface area contributed by atoms with Crippen LogP contribution in [0.15, 0.2) is 48.8 Å². The van der Waals surface area contributed by atoms with Gasteiger partial charge in [-0.2, -0.15) is 23.5 Å². The van der Waals surface area contributed by atoms with Crippen LogP contribution in [0, 0.1) is 0 Å². The summed E-state index contributed by atoms with van der Waals surface area (Å²) in [5.41, 5.74) is 7.44. The zero-order valence-corrected chi connectivity index (χ0v) is 64.9. The molecule has 1 aromatic carbocycles. The van der Waals surface area contributed by atoms with Gasteiger partial charge in [-0.25, -0.2) is 4.79 Å². The Morgan fingerprint density at radius 3 is 1.70 bits per heavy atom. The molecule has 2 aromatic rings. The Balaban J connectivity index is 1.01. The first-order chi connectivity index (χ1) is 53.3. The molecule has 4 aliphatic heterocycles. The first kappa shape index (κ1) is 91.2. The van der Waals surface area contributed by atoms with Gasteiger partial charge in [-0.05, 0) is 75.0 Å². The van der Waals surface area contributed by atoms with E-state index < -0.39 is 144 Å². The van der Waals surface area contributed by atoms with Crippen molar-refractivity contribution in [3.05, 3.63) is 65.5 Å². The number of aromatic nitrogens is 1. The van der Waals surface area contributed by atoms with Gasteiger partial charge < -0.3 is 92.7 Å². The number of carbonyl (C=O) groups excluding carboxylic acids is 11. The van der Waals surface area contributed by atoms with Gasteiger partial charge in [0.25, 0.3) is 0 Å². The van der Waals surface area contributed by atoms with Crippen molar-refractivity contribution in [1.82, 2.24) is 72.0 Å². The molecule has 0 spiro atoms. The minimum atomic E-state index is -1.75. The van der Waals surface area contributed by atoms with E-state index in [1.165, 1.54) is 40.2 Å². The van der Waals surface area contributed by atoms with Gasteiger partial charge in [0.05, 0.1) is 52.2 Å². The number of unbranched alkanes of at least 4 members (excludes halogenated alkanes) is 1. The molecule has 14 N–H and O–H groups in total. The molecule has 0 radical (unpaired) electrons. The second kappa shape index (κ2) is 49.7. The van der Waals surface area contributed by atoms with E-state index in [0.29, 0.717) is 134 Å². The van der Waals surface area contributed by atoms with E-state index >= 15 is 4.79 Å². The average molecular weight is 1600 g/mol. The van der Waals surface area contributed by atoms with Crippen molar-refractivity contribution in [3.8, 4) is 0 Å². The Bertz CT molecular complexity index is 3380. The summed E-state index contributed by atoms with van der Waals surface area (Å²) in [4.78, 5) is 201. The normalized spacial score (nSPS) is 22.0. The smallest absolute Gasteiger partial charge is 0.327 e. The topological polar surface area (TPSA) is 499 Å². The van der Waals surface area contributed by atoms with Crippen molar-refractivity contribution in [2.24, 2.45) is 5.73 Å². The number of benzene rings is 1. The van der Waals surface area contributed by atoms with Crippen LogP contribution in [0.2, 0.25) is 0 Å². The lowest BCUT2D eigenvalue weighted by Crippen LogP contribution is -2.61. The second-order valence-electron chi connectivity index (χ2n) is 27.7. The minimum absolute atomic E-state index is 0.0322. The van der Waals surface area contributed by atoms with Crippen molar-refractivity contribution < 1.29 is 102 Å². The number of aliphatic carboxylic acids is 3. The average Bonchev–Trinajstić information content (AvgIpc) is 1.67. The van der Waals surface area contributed by atoms with Gasteiger partial charge in [-0.15, -0.1) is 0 Å². The molecule has 616 valence electrons. The molecule has 3 fully saturated rings. The summed E-state index contributed by atoms with van der Waals surface area (Å²) < 4.78 is 16.8. The number of hydrogen-bond donors (Lipinski definition) is 13. The summed E-state index contributed by atoms with van der Waals surface area (Å²) >= 11 is 2.45. The molecule has 38 heteroatoms. The van der Waals surface area contributed by atoms with Gasteiger partial charge in [-0.1, -0.05) is 56.2 Å². The molecule has 0 saturated carbocycles. The number of carboxylic acids is 3. The number of amides is 11. The number of rotatable bonds is 36. The van der Waals surface area contributed by atoms with Gasteiger partial charge in [0.15, 0.2) is 0 Å². The number of carbonyl (C=O) groups is 14. The molecule has 1 unspecified atom stereocenters. The van der Waals surface area contributed by atoms with Crippen molar-refractivity contribution in [3.63, 3.8) is 0 Å². The van der Waals surface area contributed by atoms with E-state index in [9.17, 15) is 82.8 Å². The van der Waals surface area contributed by atoms with E-state index in [2.05, 4.69) is 47.5 Å². The Hall–Kier alpha value is -8.63. The highest BCUT2D eigenvalue weighted by Gasteiger charge is 2.45. The fraction of sp³-hybridized carbons (Fsp3) is 0.658. The Labute approximate surface area is 654 Å². The van der Waals surface area contributed by atoms with Crippen LogP contribution in [-0.4, -0.2) is 323 Å². The number of carboxylic acid groups (broad SMARTS) is 3. The number of aliphatic hydroxyl groups is 1. The highest BCUT2D eigenvalue weighted by atomic mass is 32.2. The molecule has 9 atom stereocenters. The fourth-order valence-corrected chi connectivity index (χ4v) is 14.8. The zero-order chi connectivity index (χ0) is 80.6. The number of fused-ring (bicyclic) bond motifs is 4. The lowest BCUT2D eigenvalue weighted by molar-refractivity contribution is -0.148. The summed E-state index contributed by atoms with van der Waals surface area (Å²) in [7, 11) is 0. The van der Waals surface area contributed by atoms with Crippen molar-refractivity contribution in [2.45, 2.75) is 170 Å². The van der Waals surface area contributed by atoms with Crippen LogP contribution in [0.25, 0.3) is 0 Å². The van der Waals surface area contributed by atoms with Gasteiger partial charge in [0.2, 0.25) is 65.0 Å². The van der Waals surface area contributed by atoms with E-state index in [-0.39, 0.29) is 113 Å². The summed E-state index contributed by atoms with van der Waals surface area (Å²) in [5, 5.41) is 61.4. The highest BCUT2D eigenvalue weighted by molar-refractivity contribution is 7.98. The summed E-state index contributed by atoms with van der Waals surface area (Å²) in [6.45, 7) is 8.10. The van der Waals surface area contributed by atoms with Crippen LogP contribution in [0.1, 0.15) is 114 Å². The third-order valence-corrected chi connectivity index (χ3v) is 21.0. The number of thioether (sulfide) groups is 2. The van der Waals surface area contributed by atoms with Crippen LogP contribution in [-0.2, 0) is 99.3 Å². The molecule has 36 nitrogen and oxygen atoms in total. The van der Waals surface area contributed by atoms with E-state index in [1.54, 1.807) is 52.5 Å². The number of aliphatic hydroxyl groups excluding tert-OH is 1. The Morgan fingerprint density at radius 2 is 1.14 bits per heavy atom. The maximum absolute atomic E-state index is 15.1. The predicted molar refractivity (Wildman–Crippen MR) is 407 cm³/mol. The van der Waals surface area contributed by atoms with Gasteiger partial charge in [-0.3, -0.25) is 82.0 Å². The van der Waals surface area contributed by atoms with Gasteiger partial charge in [0.1, 0.15) is 48.3 Å². The molecule has 5 heterocycles. The van der Waals surface area contributed by atoms with E-state index in [0.717, 1.165) is 0 Å². The number of pyridine rings is 1. The summed E-state index contributed by atoms with van der Waals surface area (Å²) in [6.07, 6.45) is 3.53. The number of nitrogens with zero attached hydrogens (tertiary/aromatic N) is 6. The number of hydrogen-bond acceptors (Lipinski definition) is 24. The predicted octanol–water partition coefficient (Wildman–Crippen LogP) is -2.45. The van der Waals surface area contributed by atoms with E-state index in [4.69, 9.17) is 19.9 Å². The van der Waals surface area contributed by atoms with Crippen LogP contribution in [0.5, 0.6) is 0 Å². The standard InChI is InChI=1S/C73H111N15O21S2/c1-3-4-14-52(78-61(92)20-19-60(91)76-21-10-31-107-33-35-109-36-34-108-32-11-22-77-62(93)41-84-25-27-85(42-63(94)95)29-30-86(28-26-84)43-64(96)97)66(98)81-55-46-110-44-50-37-51(40-75-39-50)45-111-47-56(73(105)106)82-68(100)54(38-49-12-6-5-7-13-49)80-67(99)53(17-18-59(74)90)79-70(102)65(48(2)89)83-69(101)57-15-8-23-87(57)72(104)58-16-9-24-88(58)71(55)103/h5-7,12-13,37,39-40,48,52-58,65,89H,3-4,8-11,14-36,38,41-47H2,1-2H3,(H2,74,90)(H,76,91)(H,77,93)(H,78,92)(H,79,102)(H,80,99)(H,81,98)(H,82,100)(H,83,101)(H,94,95)(H,96,97)(H,105,106)/t48-,52+,53+,54+,55+,56?,57+,58+,65+/m1/s1. The summed E-state index contributed by atoms with van der Waals surface area (Å²) in [6, 6.07) is -0.604. The fourth-order valence-electron chi connectivity index (χ4n) is 12.9. The van der Waals surface area contributed by atoms with E-state index in [1.807, 2.05) is 17.9 Å². The van der Waals surface area contributed by atoms with Crippen molar-refractivity contribution in [2.75, 3.05) is 136 Å². The van der Waals surface area contributed by atoms with Crippen LogP contribution in [0.4, 0.5) is 0 Å². The number of ether oxygens (including phenoxy) is 3. The summed E-state index contributed by atoms with van der Waals surface area (Å²) in [5.74, 6) is -10.7. The number of primary amides is 1. The lowest BCUT2D eigenvalue weighted by atomic mass is 10.0. The number of nitrogens with one attached hydrogen (secondary N) is 8. The third kappa shape index (κ3) is 33.7.